The van der Waals surface area contributed by atoms with E-state index in [1.54, 1.807) is 42.8 Å². The molecule has 1 aliphatic heterocycles. The standard InChI is InChI=1S/C26H29N5O4/c1-3-35-26(34)23-16-28-31(17(23)2)22-8-4-19(5-9-22)25(33)29-20-6-10-21(11-7-20)30-14-12-18(13-15-30)24(27)32/h4-11,16,18H,3,12-15H2,1-2H3,(H2,27,32)(H,29,33). The number of carbonyl (C=O) groups excluding carboxylic acids is 3. The van der Waals surface area contributed by atoms with Crippen molar-refractivity contribution < 1.29 is 19.1 Å². The van der Waals surface area contributed by atoms with Gasteiger partial charge < -0.3 is 20.7 Å². The van der Waals surface area contributed by atoms with Gasteiger partial charge in [-0.05, 0) is 75.2 Å². The highest BCUT2D eigenvalue weighted by Crippen LogP contribution is 2.25. The monoisotopic (exact) mass is 475 g/mol. The van der Waals surface area contributed by atoms with Crippen LogP contribution in [0.4, 0.5) is 11.4 Å². The third-order valence-electron chi connectivity index (χ3n) is 6.27. The lowest BCUT2D eigenvalue weighted by molar-refractivity contribution is -0.122. The van der Waals surface area contributed by atoms with Gasteiger partial charge in [0.1, 0.15) is 5.56 Å². The van der Waals surface area contributed by atoms with Crippen LogP contribution in [-0.2, 0) is 9.53 Å². The zero-order valence-electron chi connectivity index (χ0n) is 19.9. The number of rotatable bonds is 7. The highest BCUT2D eigenvalue weighted by molar-refractivity contribution is 6.04. The van der Waals surface area contributed by atoms with Crippen LogP contribution in [0.5, 0.6) is 0 Å². The van der Waals surface area contributed by atoms with Gasteiger partial charge in [0.05, 0.1) is 24.2 Å². The average molecular weight is 476 g/mol. The molecule has 0 bridgehead atoms. The number of nitrogens with one attached hydrogen (secondary N) is 1. The van der Waals surface area contributed by atoms with Crippen LogP contribution < -0.4 is 16.0 Å². The second kappa shape index (κ2) is 10.4. The molecule has 3 aromatic rings. The van der Waals surface area contributed by atoms with Crippen molar-refractivity contribution >= 4 is 29.2 Å². The SMILES string of the molecule is CCOC(=O)c1cnn(-c2ccc(C(=O)Nc3ccc(N4CCC(C(N)=O)CC4)cc3)cc2)c1C. The summed E-state index contributed by atoms with van der Waals surface area (Å²) in [5.41, 5.74) is 9.47. The van der Waals surface area contributed by atoms with Crippen LogP contribution in [0.2, 0.25) is 0 Å². The van der Waals surface area contributed by atoms with Crippen molar-refractivity contribution in [2.75, 3.05) is 29.9 Å². The van der Waals surface area contributed by atoms with E-state index >= 15 is 0 Å². The lowest BCUT2D eigenvalue weighted by atomic mass is 9.96. The summed E-state index contributed by atoms with van der Waals surface area (Å²) in [6.07, 6.45) is 3.00. The number of primary amides is 1. The van der Waals surface area contributed by atoms with Crippen LogP contribution in [0, 0.1) is 12.8 Å². The van der Waals surface area contributed by atoms with Crippen molar-refractivity contribution in [3.8, 4) is 5.69 Å². The van der Waals surface area contributed by atoms with Crippen LogP contribution in [-0.4, -0.2) is 47.3 Å². The number of ether oxygens (including phenoxy) is 1. The summed E-state index contributed by atoms with van der Waals surface area (Å²) in [4.78, 5) is 38.3. The Kier molecular flexibility index (Phi) is 7.14. The number of benzene rings is 2. The number of nitrogens with two attached hydrogens (primary N) is 1. The Morgan fingerprint density at radius 3 is 2.26 bits per heavy atom. The highest BCUT2D eigenvalue weighted by Gasteiger charge is 2.23. The minimum atomic E-state index is -0.409. The molecule has 0 atom stereocenters. The van der Waals surface area contributed by atoms with Crippen molar-refractivity contribution in [3.05, 3.63) is 71.5 Å². The summed E-state index contributed by atoms with van der Waals surface area (Å²) in [5, 5.41) is 7.19. The Morgan fingerprint density at radius 2 is 1.66 bits per heavy atom. The lowest BCUT2D eigenvalue weighted by Gasteiger charge is -2.32. The maximum absolute atomic E-state index is 12.7. The van der Waals surface area contributed by atoms with Crippen LogP contribution >= 0.6 is 0 Å². The summed E-state index contributed by atoms with van der Waals surface area (Å²) in [6, 6.07) is 14.7. The summed E-state index contributed by atoms with van der Waals surface area (Å²) >= 11 is 0. The molecule has 2 aromatic carbocycles. The molecule has 35 heavy (non-hydrogen) atoms. The molecule has 9 nitrogen and oxygen atoms in total. The molecule has 9 heteroatoms. The molecule has 4 rings (SSSR count). The van der Waals surface area contributed by atoms with Crippen molar-refractivity contribution in [3.63, 3.8) is 0 Å². The summed E-state index contributed by atoms with van der Waals surface area (Å²) in [5.74, 6) is -0.908. The van der Waals surface area contributed by atoms with E-state index in [4.69, 9.17) is 10.5 Å². The fourth-order valence-electron chi connectivity index (χ4n) is 4.21. The molecule has 1 saturated heterocycles. The molecule has 1 aliphatic rings. The minimum Gasteiger partial charge on any atom is -0.462 e. The van der Waals surface area contributed by atoms with Crippen molar-refractivity contribution in [2.24, 2.45) is 11.7 Å². The summed E-state index contributed by atoms with van der Waals surface area (Å²) < 4.78 is 6.69. The van der Waals surface area contributed by atoms with Gasteiger partial charge >= 0.3 is 5.97 Å². The first kappa shape index (κ1) is 24.0. The zero-order valence-corrected chi connectivity index (χ0v) is 19.9. The van der Waals surface area contributed by atoms with Gasteiger partial charge in [-0.1, -0.05) is 0 Å². The minimum absolute atomic E-state index is 0.0481. The first-order chi connectivity index (χ1) is 16.9. The maximum Gasteiger partial charge on any atom is 0.341 e. The van der Waals surface area contributed by atoms with Gasteiger partial charge in [0, 0.05) is 35.9 Å². The molecule has 0 unspecified atom stereocenters. The number of hydrogen-bond donors (Lipinski definition) is 2. The molecule has 1 aromatic heterocycles. The van der Waals surface area contributed by atoms with Gasteiger partial charge in [-0.15, -0.1) is 0 Å². The topological polar surface area (TPSA) is 120 Å². The van der Waals surface area contributed by atoms with E-state index in [0.29, 0.717) is 29.1 Å². The molecule has 0 saturated carbocycles. The molecule has 3 N–H and O–H groups in total. The molecule has 182 valence electrons. The second-order valence-electron chi connectivity index (χ2n) is 8.49. The number of piperidine rings is 1. The number of aromatic nitrogens is 2. The van der Waals surface area contributed by atoms with Crippen LogP contribution in [0.1, 0.15) is 46.2 Å². The zero-order chi connectivity index (χ0) is 24.9. The van der Waals surface area contributed by atoms with Gasteiger partial charge in [-0.3, -0.25) is 9.59 Å². The molecule has 0 spiro atoms. The van der Waals surface area contributed by atoms with Gasteiger partial charge in [0.25, 0.3) is 5.91 Å². The number of carbonyl (C=O) groups is 3. The normalized spacial score (nSPS) is 13.9. The Balaban J connectivity index is 1.38. The predicted molar refractivity (Wildman–Crippen MR) is 133 cm³/mol. The van der Waals surface area contributed by atoms with Crippen molar-refractivity contribution in [2.45, 2.75) is 26.7 Å². The van der Waals surface area contributed by atoms with Crippen LogP contribution in [0.3, 0.4) is 0 Å². The smallest absolute Gasteiger partial charge is 0.341 e. The van der Waals surface area contributed by atoms with Crippen LogP contribution in [0.25, 0.3) is 5.69 Å². The largest absolute Gasteiger partial charge is 0.462 e. The van der Waals surface area contributed by atoms with Gasteiger partial charge in [0.2, 0.25) is 5.91 Å². The van der Waals surface area contributed by atoms with Gasteiger partial charge in [0.15, 0.2) is 0 Å². The molecular formula is C26H29N5O4. The first-order valence-electron chi connectivity index (χ1n) is 11.6. The van der Waals surface area contributed by atoms with E-state index in [9.17, 15) is 14.4 Å². The highest BCUT2D eigenvalue weighted by atomic mass is 16.5. The van der Waals surface area contributed by atoms with Crippen molar-refractivity contribution in [1.29, 1.82) is 0 Å². The molecule has 0 radical (unpaired) electrons. The Hall–Kier alpha value is -4.14. The van der Waals surface area contributed by atoms with E-state index in [2.05, 4.69) is 15.3 Å². The Morgan fingerprint density at radius 1 is 1.03 bits per heavy atom. The Bertz CT molecular complexity index is 1210. The molecular weight excluding hydrogens is 446 g/mol. The quantitative estimate of drug-likeness (QED) is 0.506. The number of esters is 1. The van der Waals surface area contributed by atoms with E-state index in [1.807, 2.05) is 24.3 Å². The summed E-state index contributed by atoms with van der Waals surface area (Å²) in [7, 11) is 0. The van der Waals surface area contributed by atoms with E-state index < -0.39 is 5.97 Å². The molecule has 2 amide bonds. The third kappa shape index (κ3) is 5.34. The first-order valence-corrected chi connectivity index (χ1v) is 11.6. The third-order valence-corrected chi connectivity index (χ3v) is 6.27. The van der Waals surface area contributed by atoms with Gasteiger partial charge in [-0.25, -0.2) is 9.48 Å². The summed E-state index contributed by atoms with van der Waals surface area (Å²) in [6.45, 7) is 5.41. The fourth-order valence-corrected chi connectivity index (χ4v) is 4.21. The molecule has 1 fully saturated rings. The maximum atomic E-state index is 12.7. The van der Waals surface area contributed by atoms with E-state index in [-0.39, 0.29) is 17.7 Å². The average Bonchev–Trinajstić information content (AvgIpc) is 3.26. The Labute approximate surface area is 203 Å². The van der Waals surface area contributed by atoms with Gasteiger partial charge in [-0.2, -0.15) is 5.10 Å². The number of nitrogens with zero attached hydrogens (tertiary/aromatic N) is 3. The van der Waals surface area contributed by atoms with E-state index in [1.165, 1.54) is 6.20 Å². The molecule has 2 heterocycles. The van der Waals surface area contributed by atoms with Crippen molar-refractivity contribution in [1.82, 2.24) is 9.78 Å². The number of hydrogen-bond acceptors (Lipinski definition) is 6. The fraction of sp³-hybridized carbons (Fsp3) is 0.308. The number of amides is 2. The second-order valence-corrected chi connectivity index (χ2v) is 8.49. The lowest BCUT2D eigenvalue weighted by Crippen LogP contribution is -2.38. The predicted octanol–water partition coefficient (Wildman–Crippen LogP) is 3.31. The molecule has 0 aliphatic carbocycles. The van der Waals surface area contributed by atoms with E-state index in [0.717, 1.165) is 37.3 Å². The van der Waals surface area contributed by atoms with Crippen LogP contribution in [0.15, 0.2) is 54.7 Å². The number of anilines is 2.